The molecule has 0 fully saturated rings. The summed E-state index contributed by atoms with van der Waals surface area (Å²) in [5, 5.41) is 19.3. The number of nitro groups is 1. The molecule has 0 radical (unpaired) electrons. The number of aryl methyl sites for hydroxylation is 1. The van der Waals surface area contributed by atoms with Gasteiger partial charge < -0.3 is 0 Å². The van der Waals surface area contributed by atoms with Crippen LogP contribution in [0.15, 0.2) is 18.2 Å². The van der Waals surface area contributed by atoms with E-state index in [1.165, 1.54) is 23.5 Å². The Hall–Kier alpha value is -1.60. The van der Waals surface area contributed by atoms with Crippen molar-refractivity contribution in [2.45, 2.75) is 6.42 Å². The summed E-state index contributed by atoms with van der Waals surface area (Å²) >= 11 is 6.79. The van der Waals surface area contributed by atoms with Crippen molar-refractivity contribution in [2.75, 3.05) is 5.88 Å². The topological polar surface area (TPSA) is 68.9 Å². The molecule has 5 nitrogen and oxygen atoms in total. The Morgan fingerprint density at radius 1 is 1.44 bits per heavy atom. The quantitative estimate of drug-likeness (QED) is 0.492. The molecule has 0 atom stereocenters. The highest BCUT2D eigenvalue weighted by Crippen LogP contribution is 2.28. The summed E-state index contributed by atoms with van der Waals surface area (Å²) < 4.78 is 13.7. The van der Waals surface area contributed by atoms with Gasteiger partial charge in [0.1, 0.15) is 10.8 Å². The molecule has 1 aromatic carbocycles. The van der Waals surface area contributed by atoms with Gasteiger partial charge in [0.2, 0.25) is 0 Å². The van der Waals surface area contributed by atoms with Crippen molar-refractivity contribution in [1.29, 1.82) is 0 Å². The number of non-ortho nitro benzene ring substituents is 1. The van der Waals surface area contributed by atoms with E-state index in [0.717, 1.165) is 6.07 Å². The van der Waals surface area contributed by atoms with E-state index in [2.05, 4.69) is 10.2 Å². The van der Waals surface area contributed by atoms with Gasteiger partial charge in [0, 0.05) is 23.9 Å². The minimum atomic E-state index is -0.683. The molecular formula is C10H7ClFN3O2S. The van der Waals surface area contributed by atoms with Gasteiger partial charge in [-0.15, -0.1) is 21.8 Å². The van der Waals surface area contributed by atoms with Gasteiger partial charge in [0.15, 0.2) is 5.01 Å². The highest BCUT2D eigenvalue weighted by atomic mass is 35.5. The SMILES string of the molecule is O=[N+]([O-])c1ccc(-c2nnc(CCCl)s2)c(F)c1. The molecule has 0 unspecified atom stereocenters. The van der Waals surface area contributed by atoms with Crippen molar-refractivity contribution in [1.82, 2.24) is 10.2 Å². The maximum absolute atomic E-state index is 13.7. The summed E-state index contributed by atoms with van der Waals surface area (Å²) in [5.74, 6) is -0.269. The zero-order chi connectivity index (χ0) is 13.1. The Labute approximate surface area is 110 Å². The fraction of sp³-hybridized carbons (Fsp3) is 0.200. The van der Waals surface area contributed by atoms with E-state index in [-0.39, 0.29) is 11.3 Å². The lowest BCUT2D eigenvalue weighted by Crippen LogP contribution is -1.90. The van der Waals surface area contributed by atoms with Crippen LogP contribution < -0.4 is 0 Å². The second-order valence-corrected chi connectivity index (χ2v) is 4.80. The number of alkyl halides is 1. The number of nitrogens with zero attached hydrogens (tertiary/aromatic N) is 3. The Morgan fingerprint density at radius 2 is 2.22 bits per heavy atom. The van der Waals surface area contributed by atoms with Crippen LogP contribution in [0, 0.1) is 15.9 Å². The Kier molecular flexibility index (Phi) is 3.83. The Balaban J connectivity index is 2.35. The number of aromatic nitrogens is 2. The molecule has 1 aromatic heterocycles. The molecule has 0 aliphatic heterocycles. The van der Waals surface area contributed by atoms with Crippen molar-refractivity contribution in [3.05, 3.63) is 39.1 Å². The molecule has 0 aliphatic carbocycles. The van der Waals surface area contributed by atoms with Crippen molar-refractivity contribution >= 4 is 28.6 Å². The molecule has 0 bridgehead atoms. The van der Waals surface area contributed by atoms with Gasteiger partial charge in [0.25, 0.3) is 5.69 Å². The second-order valence-electron chi connectivity index (χ2n) is 3.36. The van der Waals surface area contributed by atoms with Crippen LogP contribution in [0.1, 0.15) is 5.01 Å². The van der Waals surface area contributed by atoms with Gasteiger partial charge in [-0.1, -0.05) is 11.3 Å². The molecule has 94 valence electrons. The molecular weight excluding hydrogens is 281 g/mol. The van der Waals surface area contributed by atoms with Gasteiger partial charge in [0.05, 0.1) is 11.0 Å². The second kappa shape index (κ2) is 5.36. The predicted molar refractivity (Wildman–Crippen MR) is 66.4 cm³/mol. The van der Waals surface area contributed by atoms with Gasteiger partial charge in [-0.3, -0.25) is 10.1 Å². The van der Waals surface area contributed by atoms with Crippen molar-refractivity contribution < 1.29 is 9.31 Å². The number of benzene rings is 1. The van der Waals surface area contributed by atoms with Crippen molar-refractivity contribution in [3.63, 3.8) is 0 Å². The summed E-state index contributed by atoms with van der Waals surface area (Å²) in [6.07, 6.45) is 0.563. The fourth-order valence-electron chi connectivity index (χ4n) is 1.34. The first kappa shape index (κ1) is 12.8. The van der Waals surface area contributed by atoms with E-state index in [9.17, 15) is 14.5 Å². The van der Waals surface area contributed by atoms with E-state index in [1.807, 2.05) is 0 Å². The van der Waals surface area contributed by atoms with E-state index < -0.39 is 10.7 Å². The molecule has 0 saturated carbocycles. The maximum atomic E-state index is 13.7. The van der Waals surface area contributed by atoms with E-state index in [1.54, 1.807) is 0 Å². The Morgan fingerprint density at radius 3 is 2.83 bits per heavy atom. The molecule has 18 heavy (non-hydrogen) atoms. The van der Waals surface area contributed by atoms with Crippen molar-refractivity contribution in [2.24, 2.45) is 0 Å². The molecule has 2 rings (SSSR count). The van der Waals surface area contributed by atoms with Crippen LogP contribution >= 0.6 is 22.9 Å². The van der Waals surface area contributed by atoms with Gasteiger partial charge in [-0.05, 0) is 6.07 Å². The van der Waals surface area contributed by atoms with Gasteiger partial charge in [-0.25, -0.2) is 4.39 Å². The largest absolute Gasteiger partial charge is 0.272 e. The number of hydrogen-bond acceptors (Lipinski definition) is 5. The predicted octanol–water partition coefficient (Wildman–Crippen LogP) is 3.03. The highest BCUT2D eigenvalue weighted by Gasteiger charge is 2.15. The summed E-state index contributed by atoms with van der Waals surface area (Å²) in [6.45, 7) is 0. The smallest absolute Gasteiger partial charge is 0.258 e. The average Bonchev–Trinajstić information content (AvgIpc) is 2.77. The minimum Gasteiger partial charge on any atom is -0.258 e. The van der Waals surface area contributed by atoms with Crippen LogP contribution in [-0.2, 0) is 6.42 Å². The Bertz CT molecular complexity index is 590. The lowest BCUT2D eigenvalue weighted by atomic mass is 10.2. The van der Waals surface area contributed by atoms with Crippen LogP contribution in [0.5, 0.6) is 0 Å². The summed E-state index contributed by atoms with van der Waals surface area (Å²) in [4.78, 5) is 9.84. The zero-order valence-electron chi connectivity index (χ0n) is 8.97. The number of rotatable bonds is 4. The summed E-state index contributed by atoms with van der Waals surface area (Å²) in [5.41, 5.74) is -0.0827. The first-order valence-electron chi connectivity index (χ1n) is 4.94. The van der Waals surface area contributed by atoms with Crippen LogP contribution in [0.25, 0.3) is 10.6 Å². The summed E-state index contributed by atoms with van der Waals surface area (Å²) in [7, 11) is 0. The number of hydrogen-bond donors (Lipinski definition) is 0. The van der Waals surface area contributed by atoms with E-state index in [4.69, 9.17) is 11.6 Å². The average molecular weight is 288 g/mol. The minimum absolute atomic E-state index is 0.207. The van der Waals surface area contributed by atoms with Gasteiger partial charge in [-0.2, -0.15) is 0 Å². The van der Waals surface area contributed by atoms with Crippen LogP contribution in [0.2, 0.25) is 0 Å². The first-order valence-corrected chi connectivity index (χ1v) is 6.29. The van der Waals surface area contributed by atoms with Crippen LogP contribution in [0.3, 0.4) is 0 Å². The molecule has 0 spiro atoms. The molecule has 0 aliphatic rings. The monoisotopic (exact) mass is 287 g/mol. The maximum Gasteiger partial charge on any atom is 0.272 e. The molecule has 0 N–H and O–H groups in total. The lowest BCUT2D eigenvalue weighted by molar-refractivity contribution is -0.385. The van der Waals surface area contributed by atoms with Crippen LogP contribution in [-0.4, -0.2) is 21.0 Å². The molecule has 1 heterocycles. The molecule has 2 aromatic rings. The number of halogens is 2. The van der Waals surface area contributed by atoms with Crippen molar-refractivity contribution in [3.8, 4) is 10.6 Å². The third-order valence-corrected chi connectivity index (χ3v) is 3.37. The third kappa shape index (κ3) is 2.62. The summed E-state index contributed by atoms with van der Waals surface area (Å²) in [6, 6.07) is 3.44. The van der Waals surface area contributed by atoms with E-state index in [0.29, 0.717) is 22.3 Å². The zero-order valence-corrected chi connectivity index (χ0v) is 10.5. The number of nitro benzene ring substituents is 1. The molecule has 0 amide bonds. The highest BCUT2D eigenvalue weighted by molar-refractivity contribution is 7.14. The fourth-order valence-corrected chi connectivity index (χ4v) is 2.49. The standard InChI is InChI=1S/C10H7ClFN3O2S/c11-4-3-9-13-14-10(18-9)7-2-1-6(15(16)17)5-8(7)12/h1-2,5H,3-4H2. The van der Waals surface area contributed by atoms with Gasteiger partial charge >= 0.3 is 0 Å². The molecule has 0 saturated heterocycles. The normalized spacial score (nSPS) is 10.6. The lowest BCUT2D eigenvalue weighted by Gasteiger charge is -1.97. The van der Waals surface area contributed by atoms with E-state index >= 15 is 0 Å². The third-order valence-electron chi connectivity index (χ3n) is 2.17. The van der Waals surface area contributed by atoms with Crippen LogP contribution in [0.4, 0.5) is 10.1 Å². The molecule has 8 heteroatoms. The first-order chi connectivity index (χ1) is 8.61.